The van der Waals surface area contributed by atoms with Crippen LogP contribution in [0.3, 0.4) is 0 Å². The molecule has 244 valence electrons. The van der Waals surface area contributed by atoms with Gasteiger partial charge in [-0.25, -0.2) is 0 Å². The number of hydrogen-bond donors (Lipinski definition) is 2. The summed E-state index contributed by atoms with van der Waals surface area (Å²) in [7, 11) is -5.96. The van der Waals surface area contributed by atoms with Crippen LogP contribution in [-0.4, -0.2) is 51.8 Å². The molecule has 4 rings (SSSR count). The van der Waals surface area contributed by atoms with Crippen LogP contribution in [-0.2, 0) is 8.85 Å². The highest BCUT2D eigenvalue weighted by molar-refractivity contribution is 7.00. The zero-order valence-corrected chi connectivity index (χ0v) is 30.6. The molecule has 0 fully saturated rings. The van der Waals surface area contributed by atoms with Gasteiger partial charge in [-0.2, -0.15) is 0 Å². The Morgan fingerprint density at radius 3 is 1.26 bits per heavy atom. The van der Waals surface area contributed by atoms with Crippen molar-refractivity contribution in [2.45, 2.75) is 83.3 Å². The summed E-state index contributed by atoms with van der Waals surface area (Å²) >= 11 is 0. The first-order chi connectivity index (χ1) is 21.9. The number of hydrogen-bond acceptors (Lipinski definition) is 4. The van der Waals surface area contributed by atoms with Crippen molar-refractivity contribution in [3.05, 3.63) is 133 Å². The molecule has 46 heavy (non-hydrogen) atoms. The Morgan fingerprint density at radius 2 is 0.935 bits per heavy atom. The van der Waals surface area contributed by atoms with E-state index in [1.54, 1.807) is 6.08 Å². The van der Waals surface area contributed by atoms with Crippen molar-refractivity contribution >= 4 is 37.4 Å². The highest BCUT2D eigenvalue weighted by atomic mass is 28.4. The fourth-order valence-corrected chi connectivity index (χ4v) is 16.1. The largest absolute Gasteiger partial charge is 0.405 e. The normalized spacial score (nSPS) is 15.1. The van der Waals surface area contributed by atoms with Crippen LogP contribution in [0.15, 0.2) is 133 Å². The smallest absolute Gasteiger partial charge is 0.261 e. The van der Waals surface area contributed by atoms with Gasteiger partial charge in [-0.1, -0.05) is 175 Å². The molecule has 0 bridgehead atoms. The fourth-order valence-electron chi connectivity index (χ4n) is 6.82. The second-order valence-corrected chi connectivity index (χ2v) is 22.7. The molecule has 0 aromatic heterocycles. The lowest BCUT2D eigenvalue weighted by Gasteiger charge is -2.47. The van der Waals surface area contributed by atoms with Crippen LogP contribution >= 0.6 is 0 Å². The predicted molar refractivity (Wildman–Crippen MR) is 198 cm³/mol. The minimum Gasteiger partial charge on any atom is -0.405 e. The Bertz CT molecular complexity index is 1420. The van der Waals surface area contributed by atoms with Gasteiger partial charge in [0.1, 0.15) is 6.10 Å². The summed E-state index contributed by atoms with van der Waals surface area (Å²) in [5.41, 5.74) is 0. The lowest BCUT2D eigenvalue weighted by atomic mass is 10.1. The van der Waals surface area contributed by atoms with Gasteiger partial charge in [-0.05, 0) is 37.7 Å². The van der Waals surface area contributed by atoms with Crippen molar-refractivity contribution in [2.75, 3.05) is 6.61 Å². The molecule has 0 heterocycles. The molecule has 0 saturated heterocycles. The quantitative estimate of drug-likeness (QED) is 0.134. The van der Waals surface area contributed by atoms with Gasteiger partial charge in [-0.3, -0.25) is 0 Å². The third kappa shape index (κ3) is 7.54. The summed E-state index contributed by atoms with van der Waals surface area (Å²) in [4.78, 5) is 0. The molecule has 0 amide bonds. The summed E-state index contributed by atoms with van der Waals surface area (Å²) in [6.45, 7) is 15.3. The summed E-state index contributed by atoms with van der Waals surface area (Å²) in [5.74, 6) is 0. The third-order valence-corrected chi connectivity index (χ3v) is 19.0. The lowest BCUT2D eigenvalue weighted by molar-refractivity contribution is -0.0188. The first-order valence-corrected chi connectivity index (χ1v) is 20.2. The first-order valence-electron chi connectivity index (χ1n) is 16.4. The first kappa shape index (κ1) is 35.7. The molecule has 0 radical (unpaired) electrons. The minimum atomic E-state index is -3.04. The third-order valence-electron chi connectivity index (χ3n) is 8.95. The van der Waals surface area contributed by atoms with E-state index in [0.29, 0.717) is 0 Å². The van der Waals surface area contributed by atoms with Gasteiger partial charge in [0.25, 0.3) is 16.6 Å². The number of aliphatic hydroxyl groups is 2. The molecule has 6 heteroatoms. The van der Waals surface area contributed by atoms with E-state index >= 15 is 0 Å². The molecule has 2 N–H and O–H groups in total. The molecule has 0 aliphatic rings. The number of allylic oxidation sites excluding steroid dienone is 1. The maximum absolute atomic E-state index is 12.2. The van der Waals surface area contributed by atoms with E-state index in [2.05, 4.69) is 139 Å². The van der Waals surface area contributed by atoms with E-state index in [1.165, 1.54) is 0 Å². The van der Waals surface area contributed by atoms with Crippen LogP contribution in [0.2, 0.25) is 10.1 Å². The second kappa shape index (κ2) is 15.2. The Kier molecular flexibility index (Phi) is 11.8. The van der Waals surface area contributed by atoms with Crippen LogP contribution in [0, 0.1) is 0 Å². The fraction of sp³-hybridized carbons (Fsp3) is 0.350. The average Bonchev–Trinajstić information content (AvgIpc) is 3.04. The van der Waals surface area contributed by atoms with Crippen LogP contribution in [0.25, 0.3) is 0 Å². The summed E-state index contributed by atoms with van der Waals surface area (Å²) in [6, 6.07) is 41.8. The molecule has 3 atom stereocenters. The maximum Gasteiger partial charge on any atom is 0.261 e. The topological polar surface area (TPSA) is 58.9 Å². The highest BCUT2D eigenvalue weighted by Crippen LogP contribution is 2.40. The van der Waals surface area contributed by atoms with Crippen molar-refractivity contribution in [1.82, 2.24) is 0 Å². The highest BCUT2D eigenvalue weighted by Gasteiger charge is 2.53. The summed E-state index contributed by atoms with van der Waals surface area (Å²) in [6.07, 6.45) is 1.36. The molecular formula is C40H52O4Si2. The molecule has 0 unspecified atom stereocenters. The molecule has 0 saturated carbocycles. The molecule has 4 aromatic carbocycles. The summed E-state index contributed by atoms with van der Waals surface area (Å²) < 4.78 is 14.6. The van der Waals surface area contributed by atoms with E-state index in [4.69, 9.17) is 8.85 Å². The predicted octanol–water partition coefficient (Wildman–Crippen LogP) is 6.20. The Balaban J connectivity index is 1.83. The second-order valence-electron chi connectivity index (χ2n) is 14.2. The monoisotopic (exact) mass is 652 g/mol. The zero-order valence-electron chi connectivity index (χ0n) is 28.6. The van der Waals surface area contributed by atoms with Crippen LogP contribution in [0.1, 0.15) is 54.9 Å². The van der Waals surface area contributed by atoms with Crippen molar-refractivity contribution in [3.63, 3.8) is 0 Å². The number of rotatable bonds is 13. The Labute approximate surface area is 279 Å². The molecule has 4 nitrogen and oxygen atoms in total. The molecule has 0 aliphatic heterocycles. The van der Waals surface area contributed by atoms with E-state index in [9.17, 15) is 10.2 Å². The summed E-state index contributed by atoms with van der Waals surface area (Å²) in [5, 5.41) is 27.4. The van der Waals surface area contributed by atoms with Gasteiger partial charge in [0.15, 0.2) is 0 Å². The lowest BCUT2D eigenvalue weighted by Crippen LogP contribution is -2.69. The van der Waals surface area contributed by atoms with E-state index < -0.39 is 34.9 Å². The minimum absolute atomic E-state index is 0.0682. The zero-order chi connectivity index (χ0) is 33.4. The van der Waals surface area contributed by atoms with Crippen molar-refractivity contribution in [2.24, 2.45) is 0 Å². The Hall–Kier alpha value is -3.11. The van der Waals surface area contributed by atoms with E-state index in [-0.39, 0.29) is 23.1 Å². The van der Waals surface area contributed by atoms with Crippen LogP contribution in [0.4, 0.5) is 0 Å². The standard InChI is InChI=1S/C40H52O4Si2/c1-8-21-32(41)30-38(44-46(40(5,6)7,35-26-17-11-18-27-35)36-28-19-12-20-29-36)37(42)31-43-45(39(2,3)4,33-22-13-9-14-23-33)34-24-15-10-16-25-34/h8-29,32,37-38,41-42H,30-31H2,1-7H3/b21-8-/t32-,37-,38+/m1/s1. The van der Waals surface area contributed by atoms with Crippen LogP contribution in [0.5, 0.6) is 0 Å². The SMILES string of the molecule is C/C=C\[C@@H](O)C[C@H](O[Si](c1ccccc1)(c1ccccc1)C(C)(C)C)[C@H](O)CO[Si](c1ccccc1)(c1ccccc1)C(C)(C)C. The van der Waals surface area contributed by atoms with Crippen molar-refractivity contribution in [3.8, 4) is 0 Å². The average molecular weight is 653 g/mol. The number of benzene rings is 4. The van der Waals surface area contributed by atoms with Gasteiger partial charge in [0, 0.05) is 6.42 Å². The van der Waals surface area contributed by atoms with Crippen LogP contribution < -0.4 is 20.7 Å². The van der Waals surface area contributed by atoms with Gasteiger partial charge >= 0.3 is 0 Å². The van der Waals surface area contributed by atoms with Gasteiger partial charge in [0.05, 0.1) is 18.8 Å². The van der Waals surface area contributed by atoms with Gasteiger partial charge in [0.2, 0.25) is 0 Å². The van der Waals surface area contributed by atoms with Crippen molar-refractivity contribution in [1.29, 1.82) is 0 Å². The molecular weight excluding hydrogens is 601 g/mol. The van der Waals surface area contributed by atoms with E-state index in [0.717, 1.165) is 20.7 Å². The molecule has 4 aromatic rings. The van der Waals surface area contributed by atoms with Gasteiger partial charge < -0.3 is 19.1 Å². The molecule has 0 aliphatic carbocycles. The van der Waals surface area contributed by atoms with Crippen molar-refractivity contribution < 1.29 is 19.1 Å². The van der Waals surface area contributed by atoms with E-state index in [1.807, 2.05) is 37.3 Å². The molecule has 0 spiro atoms. The van der Waals surface area contributed by atoms with Gasteiger partial charge in [-0.15, -0.1) is 0 Å². The number of aliphatic hydroxyl groups excluding tert-OH is 2. The maximum atomic E-state index is 12.2. The Morgan fingerprint density at radius 1 is 0.587 bits per heavy atom.